The van der Waals surface area contributed by atoms with Crippen LogP contribution in [0.2, 0.25) is 0 Å². The highest BCUT2D eigenvalue weighted by Crippen LogP contribution is 2.31. The first-order valence-corrected chi connectivity index (χ1v) is 9.53. The topological polar surface area (TPSA) is 93.2 Å². The predicted octanol–water partition coefficient (Wildman–Crippen LogP) is 2.98. The second-order valence-electron chi connectivity index (χ2n) is 7.21. The summed E-state index contributed by atoms with van der Waals surface area (Å²) >= 11 is 0. The molecule has 7 heteroatoms. The van der Waals surface area contributed by atoms with Crippen molar-refractivity contribution in [3.05, 3.63) is 70.9 Å². The summed E-state index contributed by atoms with van der Waals surface area (Å²) in [5.41, 5.74) is 10.9. The number of amides is 2. The highest BCUT2D eigenvalue weighted by molar-refractivity contribution is 6.08. The van der Waals surface area contributed by atoms with E-state index in [2.05, 4.69) is 10.4 Å². The Bertz CT molecular complexity index is 1090. The van der Waals surface area contributed by atoms with E-state index in [0.717, 1.165) is 23.2 Å². The first-order valence-electron chi connectivity index (χ1n) is 9.53. The third-order valence-electron chi connectivity index (χ3n) is 5.18. The van der Waals surface area contributed by atoms with E-state index in [1.807, 2.05) is 42.5 Å². The van der Waals surface area contributed by atoms with Gasteiger partial charge in [0.25, 0.3) is 5.91 Å². The van der Waals surface area contributed by atoms with Crippen molar-refractivity contribution in [2.24, 2.45) is 0 Å². The van der Waals surface area contributed by atoms with E-state index >= 15 is 0 Å². The number of nitrogens with one attached hydrogen (secondary N) is 1. The average Bonchev–Trinajstić information content (AvgIpc) is 3.23. The summed E-state index contributed by atoms with van der Waals surface area (Å²) in [5, 5.41) is 7.36. The Morgan fingerprint density at radius 1 is 1.17 bits per heavy atom. The molecule has 1 aliphatic rings. The molecule has 2 amide bonds. The van der Waals surface area contributed by atoms with Crippen molar-refractivity contribution in [3.63, 3.8) is 0 Å². The molecule has 3 aromatic rings. The van der Waals surface area contributed by atoms with Gasteiger partial charge in [-0.3, -0.25) is 9.59 Å². The van der Waals surface area contributed by atoms with Crippen molar-refractivity contribution < 1.29 is 9.59 Å². The van der Waals surface area contributed by atoms with Gasteiger partial charge < -0.3 is 16.0 Å². The number of hydrogen-bond donors (Lipinski definition) is 2. The quantitative estimate of drug-likeness (QED) is 0.717. The minimum Gasteiger partial charge on any atom is -0.383 e. The fourth-order valence-electron chi connectivity index (χ4n) is 3.76. The van der Waals surface area contributed by atoms with Crippen LogP contribution in [0.15, 0.2) is 48.5 Å². The fourth-order valence-corrected chi connectivity index (χ4v) is 3.76. The number of rotatable bonds is 4. The molecule has 0 unspecified atom stereocenters. The third-order valence-corrected chi connectivity index (χ3v) is 5.18. The molecule has 1 aromatic heterocycles. The first kappa shape index (κ1) is 18.7. The van der Waals surface area contributed by atoms with E-state index in [1.165, 1.54) is 0 Å². The Labute approximate surface area is 169 Å². The van der Waals surface area contributed by atoms with Crippen LogP contribution in [0, 0.1) is 6.92 Å². The van der Waals surface area contributed by atoms with Gasteiger partial charge >= 0.3 is 0 Å². The third kappa shape index (κ3) is 3.59. The lowest BCUT2D eigenvalue weighted by atomic mass is 10.1. The number of carbonyl (C=O) groups is 2. The maximum Gasteiger partial charge on any atom is 0.261 e. The zero-order valence-electron chi connectivity index (χ0n) is 16.5. The summed E-state index contributed by atoms with van der Waals surface area (Å²) < 4.78 is 1.65. The van der Waals surface area contributed by atoms with Gasteiger partial charge in [-0.2, -0.15) is 5.10 Å². The molecule has 2 aromatic carbocycles. The van der Waals surface area contributed by atoms with Crippen LogP contribution in [-0.4, -0.2) is 28.1 Å². The number of fused-ring (bicyclic) bond motifs is 1. The minimum atomic E-state index is -0.291. The number of hydrogen-bond acceptors (Lipinski definition) is 4. The molecule has 3 N–H and O–H groups in total. The highest BCUT2D eigenvalue weighted by atomic mass is 16.2. The van der Waals surface area contributed by atoms with E-state index in [-0.39, 0.29) is 11.8 Å². The fraction of sp³-hybridized carbons (Fsp3) is 0.227. The Morgan fingerprint density at radius 2 is 1.93 bits per heavy atom. The number of aryl methyl sites for hydroxylation is 1. The standard InChI is InChI=1S/C22H23N5O2/c1-14-20(21(23)27(25-14)13-16-6-4-3-5-7-16)22(29)24-18-8-9-19-17(12-18)10-11-26(19)15(2)28/h3-9,12H,10-11,13,23H2,1-2H3,(H,24,29). The molecule has 0 saturated heterocycles. The van der Waals surface area contributed by atoms with Crippen LogP contribution in [0.3, 0.4) is 0 Å². The molecule has 2 heterocycles. The van der Waals surface area contributed by atoms with Crippen molar-refractivity contribution in [1.82, 2.24) is 9.78 Å². The lowest BCUT2D eigenvalue weighted by Crippen LogP contribution is -2.25. The number of nitrogens with two attached hydrogens (primary N) is 1. The zero-order chi connectivity index (χ0) is 20.5. The monoisotopic (exact) mass is 389 g/mol. The molecule has 0 radical (unpaired) electrons. The summed E-state index contributed by atoms with van der Waals surface area (Å²) in [6, 6.07) is 15.4. The number of aromatic nitrogens is 2. The predicted molar refractivity (Wildman–Crippen MR) is 113 cm³/mol. The van der Waals surface area contributed by atoms with E-state index in [4.69, 9.17) is 5.73 Å². The Kier molecular flexibility index (Phi) is 4.80. The normalized spacial score (nSPS) is 12.7. The maximum atomic E-state index is 12.9. The smallest absolute Gasteiger partial charge is 0.261 e. The minimum absolute atomic E-state index is 0.0229. The SMILES string of the molecule is CC(=O)N1CCc2cc(NC(=O)c3c(C)nn(Cc4ccccc4)c3N)ccc21. The van der Waals surface area contributed by atoms with Gasteiger partial charge in [-0.05, 0) is 42.7 Å². The summed E-state index contributed by atoms with van der Waals surface area (Å²) in [4.78, 5) is 26.3. The Hall–Kier alpha value is -3.61. The van der Waals surface area contributed by atoms with Crippen LogP contribution in [0.5, 0.6) is 0 Å². The van der Waals surface area contributed by atoms with Gasteiger partial charge in [0.05, 0.1) is 12.2 Å². The molecule has 0 spiro atoms. The molecule has 148 valence electrons. The van der Waals surface area contributed by atoms with Crippen molar-refractivity contribution >= 4 is 29.0 Å². The molecule has 4 rings (SSSR count). The molecule has 0 aliphatic carbocycles. The van der Waals surface area contributed by atoms with Crippen molar-refractivity contribution in [2.75, 3.05) is 22.5 Å². The van der Waals surface area contributed by atoms with Crippen LogP contribution in [0.4, 0.5) is 17.2 Å². The number of nitrogens with zero attached hydrogens (tertiary/aromatic N) is 3. The van der Waals surface area contributed by atoms with Gasteiger partial charge in [0.2, 0.25) is 5.91 Å². The summed E-state index contributed by atoms with van der Waals surface area (Å²) in [6.07, 6.45) is 0.773. The Morgan fingerprint density at radius 3 is 2.66 bits per heavy atom. The van der Waals surface area contributed by atoms with Gasteiger partial charge in [-0.25, -0.2) is 4.68 Å². The van der Waals surface area contributed by atoms with Crippen LogP contribution in [0.25, 0.3) is 0 Å². The van der Waals surface area contributed by atoms with Gasteiger partial charge in [0.15, 0.2) is 0 Å². The number of benzene rings is 2. The van der Waals surface area contributed by atoms with Gasteiger partial charge in [0, 0.05) is 24.8 Å². The molecule has 0 saturated carbocycles. The molecular formula is C22H23N5O2. The van der Waals surface area contributed by atoms with E-state index < -0.39 is 0 Å². The number of carbonyl (C=O) groups excluding carboxylic acids is 2. The van der Waals surface area contributed by atoms with Gasteiger partial charge in [0.1, 0.15) is 11.4 Å². The van der Waals surface area contributed by atoms with E-state index in [0.29, 0.717) is 35.9 Å². The highest BCUT2D eigenvalue weighted by Gasteiger charge is 2.24. The van der Waals surface area contributed by atoms with Crippen LogP contribution in [-0.2, 0) is 17.8 Å². The maximum absolute atomic E-state index is 12.9. The van der Waals surface area contributed by atoms with Crippen LogP contribution in [0.1, 0.15) is 34.1 Å². The second-order valence-corrected chi connectivity index (χ2v) is 7.21. The van der Waals surface area contributed by atoms with Crippen molar-refractivity contribution in [3.8, 4) is 0 Å². The van der Waals surface area contributed by atoms with Gasteiger partial charge in [-0.15, -0.1) is 0 Å². The summed E-state index contributed by atoms with van der Waals surface area (Å²) in [6.45, 7) is 4.50. The second kappa shape index (κ2) is 7.43. The van der Waals surface area contributed by atoms with Crippen LogP contribution < -0.4 is 16.0 Å². The van der Waals surface area contributed by atoms with E-state index in [1.54, 1.807) is 29.5 Å². The molecular weight excluding hydrogens is 366 g/mol. The molecule has 0 bridgehead atoms. The van der Waals surface area contributed by atoms with Crippen molar-refractivity contribution in [2.45, 2.75) is 26.8 Å². The van der Waals surface area contributed by atoms with Gasteiger partial charge in [-0.1, -0.05) is 30.3 Å². The van der Waals surface area contributed by atoms with Crippen LogP contribution >= 0.6 is 0 Å². The molecule has 0 atom stereocenters. The summed E-state index contributed by atoms with van der Waals surface area (Å²) in [7, 11) is 0. The van der Waals surface area contributed by atoms with Crippen molar-refractivity contribution in [1.29, 1.82) is 0 Å². The molecule has 7 nitrogen and oxygen atoms in total. The average molecular weight is 389 g/mol. The Balaban J connectivity index is 1.54. The molecule has 1 aliphatic heterocycles. The first-order chi connectivity index (χ1) is 13.9. The molecule has 0 fully saturated rings. The lowest BCUT2D eigenvalue weighted by Gasteiger charge is -2.15. The number of anilines is 3. The zero-order valence-corrected chi connectivity index (χ0v) is 16.5. The van der Waals surface area contributed by atoms with E-state index in [9.17, 15) is 9.59 Å². The largest absolute Gasteiger partial charge is 0.383 e. The molecule has 29 heavy (non-hydrogen) atoms. The summed E-state index contributed by atoms with van der Waals surface area (Å²) in [5.74, 6) is 0.0724. The lowest BCUT2D eigenvalue weighted by molar-refractivity contribution is -0.116. The number of nitrogen functional groups attached to an aromatic ring is 1.